The van der Waals surface area contributed by atoms with E-state index in [2.05, 4.69) is 18.3 Å². The lowest BCUT2D eigenvalue weighted by Gasteiger charge is -2.28. The zero-order valence-electron chi connectivity index (χ0n) is 16.6. The minimum atomic E-state index is -0.389. The Labute approximate surface area is 179 Å². The Morgan fingerprint density at radius 3 is 2.52 bits per heavy atom. The molecule has 0 radical (unpaired) electrons. The van der Waals surface area contributed by atoms with Crippen molar-refractivity contribution in [1.82, 2.24) is 5.32 Å². The van der Waals surface area contributed by atoms with E-state index in [0.717, 1.165) is 17.0 Å². The number of ketones is 2. The van der Waals surface area contributed by atoms with E-state index in [1.165, 1.54) is 35.6 Å². The maximum Gasteiger partial charge on any atom is 0.173 e. The van der Waals surface area contributed by atoms with E-state index in [1.54, 1.807) is 0 Å². The highest BCUT2D eigenvalue weighted by molar-refractivity contribution is 8.03. The van der Waals surface area contributed by atoms with Gasteiger partial charge in [-0.3, -0.25) is 9.59 Å². The quantitative estimate of drug-likeness (QED) is 0.620. The topological polar surface area (TPSA) is 70.0 Å². The predicted octanol–water partition coefficient (Wildman–Crippen LogP) is 5.21. The first-order valence-corrected chi connectivity index (χ1v) is 11.2. The number of dihydropyridines is 1. The normalized spacial score (nSPS) is 16.4. The molecule has 0 bridgehead atoms. The van der Waals surface area contributed by atoms with Gasteiger partial charge in [-0.1, -0.05) is 49.0 Å². The van der Waals surface area contributed by atoms with E-state index < -0.39 is 0 Å². The van der Waals surface area contributed by atoms with Crippen LogP contribution in [0, 0.1) is 11.3 Å². The summed E-state index contributed by atoms with van der Waals surface area (Å²) in [5.74, 6) is -0.216. The highest BCUT2D eigenvalue weighted by Gasteiger charge is 2.33. The largest absolute Gasteiger partial charge is 0.353 e. The molecule has 2 heterocycles. The van der Waals surface area contributed by atoms with Gasteiger partial charge < -0.3 is 5.32 Å². The van der Waals surface area contributed by atoms with Crippen molar-refractivity contribution >= 4 is 34.7 Å². The molecule has 0 aliphatic carbocycles. The zero-order chi connectivity index (χ0) is 21.0. The lowest BCUT2D eigenvalue weighted by atomic mass is 9.85. The molecule has 0 spiro atoms. The lowest BCUT2D eigenvalue weighted by Crippen LogP contribution is -2.27. The Bertz CT molecular complexity index is 1030. The second-order valence-corrected chi connectivity index (χ2v) is 8.75. The van der Waals surface area contributed by atoms with Gasteiger partial charge in [-0.2, -0.15) is 5.26 Å². The van der Waals surface area contributed by atoms with Gasteiger partial charge in [-0.05, 0) is 37.3 Å². The van der Waals surface area contributed by atoms with Crippen LogP contribution in [0.5, 0.6) is 0 Å². The number of carbonyl (C=O) groups is 2. The summed E-state index contributed by atoms with van der Waals surface area (Å²) in [5, 5.41) is 15.7. The molecular weight excluding hydrogens is 400 g/mol. The molecule has 3 rings (SSSR count). The number of allylic oxidation sites excluding steroid dienone is 3. The van der Waals surface area contributed by atoms with Crippen LogP contribution < -0.4 is 5.32 Å². The first-order valence-electron chi connectivity index (χ1n) is 9.37. The van der Waals surface area contributed by atoms with Crippen LogP contribution in [-0.4, -0.2) is 17.3 Å². The van der Waals surface area contributed by atoms with E-state index in [1.807, 2.05) is 48.7 Å². The number of rotatable bonds is 7. The van der Waals surface area contributed by atoms with Crippen molar-refractivity contribution in [3.63, 3.8) is 0 Å². The molecule has 6 heteroatoms. The number of benzene rings is 1. The van der Waals surface area contributed by atoms with Gasteiger partial charge in [0.15, 0.2) is 11.6 Å². The Balaban J connectivity index is 1.87. The van der Waals surface area contributed by atoms with Crippen molar-refractivity contribution in [1.29, 1.82) is 5.26 Å². The van der Waals surface area contributed by atoms with Crippen LogP contribution in [0.3, 0.4) is 0 Å². The second-order valence-electron chi connectivity index (χ2n) is 6.79. The van der Waals surface area contributed by atoms with E-state index in [0.29, 0.717) is 21.7 Å². The fourth-order valence-corrected chi connectivity index (χ4v) is 5.21. The Hall–Kier alpha value is -2.62. The molecule has 2 aromatic rings. The summed E-state index contributed by atoms with van der Waals surface area (Å²) in [6.07, 6.45) is 0.930. The van der Waals surface area contributed by atoms with Gasteiger partial charge >= 0.3 is 0 Å². The summed E-state index contributed by atoms with van der Waals surface area (Å²) in [5.41, 5.74) is 3.68. The molecule has 1 aliphatic heterocycles. The first-order chi connectivity index (χ1) is 14.0. The highest BCUT2D eigenvalue weighted by atomic mass is 32.2. The average Bonchev–Trinajstić information content (AvgIpc) is 3.25. The fraction of sp³-hybridized carbons (Fsp3) is 0.261. The van der Waals surface area contributed by atoms with Gasteiger partial charge in [0.2, 0.25) is 0 Å². The molecule has 0 fully saturated rings. The first kappa shape index (κ1) is 21.1. The van der Waals surface area contributed by atoms with Crippen molar-refractivity contribution in [3.8, 4) is 6.07 Å². The van der Waals surface area contributed by atoms with Crippen LogP contribution in [0.25, 0.3) is 0 Å². The molecule has 1 aromatic heterocycles. The molecule has 0 unspecified atom stereocenters. The van der Waals surface area contributed by atoms with Gasteiger partial charge in [-0.15, -0.1) is 11.3 Å². The summed E-state index contributed by atoms with van der Waals surface area (Å²) < 4.78 is 0. The van der Waals surface area contributed by atoms with Crippen molar-refractivity contribution in [2.45, 2.75) is 33.1 Å². The molecule has 0 saturated heterocycles. The molecule has 1 atom stereocenters. The maximum absolute atomic E-state index is 12.6. The minimum Gasteiger partial charge on any atom is -0.353 e. The smallest absolute Gasteiger partial charge is 0.173 e. The number of nitrogens with one attached hydrogen (secondary N) is 1. The third-order valence-corrected chi connectivity index (χ3v) is 6.84. The molecule has 4 nitrogen and oxygen atoms in total. The number of nitrogens with zero attached hydrogens (tertiary/aromatic N) is 1. The molecule has 0 amide bonds. The van der Waals surface area contributed by atoms with E-state index in [9.17, 15) is 14.9 Å². The summed E-state index contributed by atoms with van der Waals surface area (Å²) in [4.78, 5) is 25.9. The predicted molar refractivity (Wildman–Crippen MR) is 119 cm³/mol. The van der Waals surface area contributed by atoms with Crippen molar-refractivity contribution in [2.75, 3.05) is 5.75 Å². The van der Waals surface area contributed by atoms with Crippen LogP contribution in [-0.2, 0) is 11.2 Å². The molecule has 148 valence electrons. The van der Waals surface area contributed by atoms with Crippen LogP contribution in [0.4, 0.5) is 0 Å². The summed E-state index contributed by atoms with van der Waals surface area (Å²) in [7, 11) is 0. The van der Waals surface area contributed by atoms with Gasteiger partial charge in [0.1, 0.15) is 0 Å². The molecule has 1 aliphatic rings. The van der Waals surface area contributed by atoms with Crippen molar-refractivity contribution < 1.29 is 9.59 Å². The number of thioether (sulfide) groups is 1. The number of thiophene rings is 1. The number of Topliss-reactive ketones (excluding diaryl/α,β-unsaturated/α-hetero) is 2. The number of hydrogen-bond donors (Lipinski definition) is 1. The van der Waals surface area contributed by atoms with Gasteiger partial charge in [-0.25, -0.2) is 0 Å². The zero-order valence-corrected chi connectivity index (χ0v) is 18.2. The second kappa shape index (κ2) is 9.25. The average molecular weight is 423 g/mol. The van der Waals surface area contributed by atoms with Crippen LogP contribution in [0.2, 0.25) is 0 Å². The highest BCUT2D eigenvalue weighted by Crippen LogP contribution is 2.42. The minimum absolute atomic E-state index is 0.0101. The third-order valence-electron chi connectivity index (χ3n) is 4.89. The van der Waals surface area contributed by atoms with Crippen molar-refractivity contribution in [2.24, 2.45) is 0 Å². The number of carbonyl (C=O) groups excluding carboxylic acids is 2. The Morgan fingerprint density at radius 1 is 1.24 bits per heavy atom. The van der Waals surface area contributed by atoms with Crippen LogP contribution >= 0.6 is 23.1 Å². The Morgan fingerprint density at radius 2 is 1.97 bits per heavy atom. The number of aryl methyl sites for hydroxylation is 1. The van der Waals surface area contributed by atoms with Gasteiger partial charge in [0.25, 0.3) is 0 Å². The van der Waals surface area contributed by atoms with Crippen LogP contribution in [0.15, 0.2) is 63.7 Å². The summed E-state index contributed by atoms with van der Waals surface area (Å²) >= 11 is 2.84. The van der Waals surface area contributed by atoms with Crippen LogP contribution in [0.1, 0.15) is 47.5 Å². The maximum atomic E-state index is 12.6. The number of nitriles is 1. The van der Waals surface area contributed by atoms with E-state index in [-0.39, 0.29) is 23.2 Å². The lowest BCUT2D eigenvalue weighted by molar-refractivity contribution is -0.113. The Kier molecular flexibility index (Phi) is 6.73. The molecular formula is C23H22N2O2S2. The molecule has 29 heavy (non-hydrogen) atoms. The van der Waals surface area contributed by atoms with Gasteiger partial charge in [0.05, 0.1) is 28.3 Å². The third kappa shape index (κ3) is 4.52. The molecule has 1 aromatic carbocycles. The standard InChI is InChI=1S/C23H22N2O2S2/c1-4-16-7-9-17(10-8-16)19(27)13-29-23-18(12-24)22(20-6-5-11-28-20)21(15(3)26)14(2)25-23/h5-11,22,25H,4,13H2,1-3H3/t22-/m1/s1. The SMILES string of the molecule is CCc1ccc(C(=O)CSC2=C(C#N)[C@H](c3cccs3)C(C(C)=O)=C(C)N2)cc1. The monoisotopic (exact) mass is 422 g/mol. The fourth-order valence-electron chi connectivity index (χ4n) is 3.38. The number of hydrogen-bond acceptors (Lipinski definition) is 6. The van der Waals surface area contributed by atoms with Gasteiger partial charge in [0, 0.05) is 21.7 Å². The summed E-state index contributed by atoms with van der Waals surface area (Å²) in [6, 6.07) is 13.8. The molecule has 0 saturated carbocycles. The van der Waals surface area contributed by atoms with E-state index >= 15 is 0 Å². The van der Waals surface area contributed by atoms with Crippen molar-refractivity contribution in [3.05, 3.63) is 79.7 Å². The molecule has 1 N–H and O–H groups in total. The van der Waals surface area contributed by atoms with E-state index in [4.69, 9.17) is 0 Å². The summed E-state index contributed by atoms with van der Waals surface area (Å²) in [6.45, 7) is 5.45.